The molecule has 0 amide bonds. The van der Waals surface area contributed by atoms with E-state index < -0.39 is 0 Å². The van der Waals surface area contributed by atoms with E-state index in [0.717, 1.165) is 22.4 Å². The average Bonchev–Trinajstić information content (AvgIpc) is 2.55. The second-order valence-corrected chi connectivity index (χ2v) is 5.10. The second kappa shape index (κ2) is 6.31. The summed E-state index contributed by atoms with van der Waals surface area (Å²) in [5.74, 6) is 0.876. The zero-order chi connectivity index (χ0) is 15.4. The molecule has 1 heterocycles. The van der Waals surface area contributed by atoms with E-state index in [2.05, 4.69) is 4.98 Å². The number of hydrogen-bond donors (Lipinski definition) is 1. The first-order valence-electron chi connectivity index (χ1n) is 7.16. The molecule has 110 valence electrons. The monoisotopic (exact) mass is 291 g/mol. The number of phenolic OH excluding ortho intramolecular Hbond substituents is 1. The van der Waals surface area contributed by atoms with Gasteiger partial charge in [0, 0.05) is 17.3 Å². The molecule has 3 heteroatoms. The van der Waals surface area contributed by atoms with Gasteiger partial charge in [-0.2, -0.15) is 0 Å². The molecule has 3 aromatic rings. The average molecular weight is 291 g/mol. The van der Waals surface area contributed by atoms with Crippen LogP contribution in [0.3, 0.4) is 0 Å². The van der Waals surface area contributed by atoms with Crippen LogP contribution in [0.1, 0.15) is 11.3 Å². The van der Waals surface area contributed by atoms with Crippen LogP contribution in [0.15, 0.2) is 66.7 Å². The highest BCUT2D eigenvalue weighted by molar-refractivity contribution is 5.66. The summed E-state index contributed by atoms with van der Waals surface area (Å²) >= 11 is 0. The number of ether oxygens (including phenoxy) is 1. The third-order valence-electron chi connectivity index (χ3n) is 3.47. The van der Waals surface area contributed by atoms with Gasteiger partial charge in [-0.1, -0.05) is 42.5 Å². The Morgan fingerprint density at radius 2 is 1.64 bits per heavy atom. The van der Waals surface area contributed by atoms with Crippen LogP contribution in [0.2, 0.25) is 0 Å². The van der Waals surface area contributed by atoms with Crippen LogP contribution >= 0.6 is 0 Å². The Morgan fingerprint density at radius 3 is 2.32 bits per heavy atom. The van der Waals surface area contributed by atoms with Gasteiger partial charge in [0.25, 0.3) is 0 Å². The Kier molecular flexibility index (Phi) is 4.05. The van der Waals surface area contributed by atoms with Gasteiger partial charge in [-0.15, -0.1) is 0 Å². The van der Waals surface area contributed by atoms with Crippen LogP contribution < -0.4 is 4.74 Å². The lowest BCUT2D eigenvalue weighted by molar-refractivity contribution is 0.293. The highest BCUT2D eigenvalue weighted by Crippen LogP contribution is 2.26. The molecule has 0 atom stereocenters. The van der Waals surface area contributed by atoms with Crippen molar-refractivity contribution in [2.75, 3.05) is 0 Å². The minimum Gasteiger partial charge on any atom is -0.508 e. The highest BCUT2D eigenvalue weighted by Gasteiger charge is 2.05. The predicted octanol–water partition coefficient (Wildman–Crippen LogP) is 4.34. The Bertz CT molecular complexity index is 752. The van der Waals surface area contributed by atoms with Gasteiger partial charge < -0.3 is 9.84 Å². The molecular formula is C19H17NO2. The minimum atomic E-state index is 0.261. The molecule has 1 N–H and O–H groups in total. The maximum Gasteiger partial charge on any atom is 0.213 e. The lowest BCUT2D eigenvalue weighted by Crippen LogP contribution is -1.98. The molecule has 0 aliphatic rings. The standard InChI is InChI=1S/C19H17NO2/c1-14-18(16-7-9-17(21)10-8-16)11-12-19(20-14)22-13-15-5-3-2-4-6-15/h2-12,21H,13H2,1H3. The molecule has 3 nitrogen and oxygen atoms in total. The fraction of sp³-hybridized carbons (Fsp3) is 0.105. The molecule has 0 saturated carbocycles. The molecule has 0 aliphatic heterocycles. The van der Waals surface area contributed by atoms with Gasteiger partial charge in [0.1, 0.15) is 12.4 Å². The van der Waals surface area contributed by atoms with Gasteiger partial charge in [0.05, 0.1) is 0 Å². The Balaban J connectivity index is 1.76. The first-order chi connectivity index (χ1) is 10.7. The molecular weight excluding hydrogens is 274 g/mol. The summed E-state index contributed by atoms with van der Waals surface area (Å²) < 4.78 is 5.73. The molecule has 0 unspecified atom stereocenters. The normalized spacial score (nSPS) is 10.4. The molecule has 22 heavy (non-hydrogen) atoms. The fourth-order valence-corrected chi connectivity index (χ4v) is 2.30. The number of pyridine rings is 1. The van der Waals surface area contributed by atoms with Crippen LogP contribution in [0.25, 0.3) is 11.1 Å². The quantitative estimate of drug-likeness (QED) is 0.777. The molecule has 0 saturated heterocycles. The maximum atomic E-state index is 9.36. The minimum absolute atomic E-state index is 0.261. The SMILES string of the molecule is Cc1nc(OCc2ccccc2)ccc1-c1ccc(O)cc1. The summed E-state index contributed by atoms with van der Waals surface area (Å²) in [4.78, 5) is 4.50. The van der Waals surface area contributed by atoms with E-state index in [1.807, 2.05) is 61.5 Å². The van der Waals surface area contributed by atoms with Gasteiger partial charge in [0.15, 0.2) is 0 Å². The largest absolute Gasteiger partial charge is 0.508 e. The van der Waals surface area contributed by atoms with Gasteiger partial charge in [-0.25, -0.2) is 4.98 Å². The van der Waals surface area contributed by atoms with Crippen LogP contribution in [-0.4, -0.2) is 10.1 Å². The third kappa shape index (κ3) is 3.26. The molecule has 0 aliphatic carbocycles. The number of rotatable bonds is 4. The molecule has 3 rings (SSSR count). The predicted molar refractivity (Wildman–Crippen MR) is 86.8 cm³/mol. The Morgan fingerprint density at radius 1 is 0.909 bits per heavy atom. The maximum absolute atomic E-state index is 9.36. The van der Waals surface area contributed by atoms with Crippen LogP contribution in [0, 0.1) is 6.92 Å². The van der Waals surface area contributed by atoms with Crippen molar-refractivity contribution in [3.8, 4) is 22.8 Å². The number of aromatic hydroxyl groups is 1. The zero-order valence-corrected chi connectivity index (χ0v) is 12.4. The van der Waals surface area contributed by atoms with Gasteiger partial charge >= 0.3 is 0 Å². The van der Waals surface area contributed by atoms with E-state index in [1.165, 1.54) is 0 Å². The Hall–Kier alpha value is -2.81. The molecule has 2 aromatic carbocycles. The number of benzene rings is 2. The highest BCUT2D eigenvalue weighted by atomic mass is 16.5. The van der Waals surface area contributed by atoms with E-state index in [1.54, 1.807) is 12.1 Å². The van der Waals surface area contributed by atoms with E-state index >= 15 is 0 Å². The van der Waals surface area contributed by atoms with Gasteiger partial charge in [-0.05, 0) is 36.2 Å². The van der Waals surface area contributed by atoms with Gasteiger partial charge in [-0.3, -0.25) is 0 Å². The molecule has 0 radical (unpaired) electrons. The van der Waals surface area contributed by atoms with E-state index in [0.29, 0.717) is 12.5 Å². The van der Waals surface area contributed by atoms with Crippen LogP contribution in [-0.2, 0) is 6.61 Å². The van der Waals surface area contributed by atoms with Gasteiger partial charge in [0.2, 0.25) is 5.88 Å². The van der Waals surface area contributed by atoms with Crippen LogP contribution in [0.4, 0.5) is 0 Å². The number of hydrogen-bond acceptors (Lipinski definition) is 3. The lowest BCUT2D eigenvalue weighted by atomic mass is 10.0. The van der Waals surface area contributed by atoms with Crippen molar-refractivity contribution in [3.63, 3.8) is 0 Å². The molecule has 1 aromatic heterocycles. The van der Waals surface area contributed by atoms with Crippen molar-refractivity contribution in [1.29, 1.82) is 0 Å². The molecule has 0 bridgehead atoms. The smallest absolute Gasteiger partial charge is 0.213 e. The summed E-state index contributed by atoms with van der Waals surface area (Å²) in [6.07, 6.45) is 0. The third-order valence-corrected chi connectivity index (χ3v) is 3.47. The van der Waals surface area contributed by atoms with E-state index in [9.17, 15) is 5.11 Å². The number of aromatic nitrogens is 1. The van der Waals surface area contributed by atoms with Crippen molar-refractivity contribution in [2.45, 2.75) is 13.5 Å². The zero-order valence-electron chi connectivity index (χ0n) is 12.4. The fourth-order valence-electron chi connectivity index (χ4n) is 2.30. The lowest BCUT2D eigenvalue weighted by Gasteiger charge is -2.09. The second-order valence-electron chi connectivity index (χ2n) is 5.10. The summed E-state index contributed by atoms with van der Waals surface area (Å²) in [5, 5.41) is 9.36. The van der Waals surface area contributed by atoms with Crippen LogP contribution in [0.5, 0.6) is 11.6 Å². The van der Waals surface area contributed by atoms with Crippen molar-refractivity contribution < 1.29 is 9.84 Å². The van der Waals surface area contributed by atoms with E-state index in [-0.39, 0.29) is 5.75 Å². The summed E-state index contributed by atoms with van der Waals surface area (Å²) in [5.41, 5.74) is 4.07. The molecule has 0 spiro atoms. The number of aryl methyl sites for hydroxylation is 1. The van der Waals surface area contributed by atoms with Crippen molar-refractivity contribution in [2.24, 2.45) is 0 Å². The van der Waals surface area contributed by atoms with Crippen molar-refractivity contribution >= 4 is 0 Å². The number of nitrogens with zero attached hydrogens (tertiary/aromatic N) is 1. The van der Waals surface area contributed by atoms with E-state index in [4.69, 9.17) is 4.74 Å². The summed E-state index contributed by atoms with van der Waals surface area (Å²) in [6.45, 7) is 2.46. The summed E-state index contributed by atoms with van der Waals surface area (Å²) in [7, 11) is 0. The van der Waals surface area contributed by atoms with Crippen molar-refractivity contribution in [1.82, 2.24) is 4.98 Å². The first kappa shape index (κ1) is 14.1. The molecule has 0 fully saturated rings. The first-order valence-corrected chi connectivity index (χ1v) is 7.16. The topological polar surface area (TPSA) is 42.4 Å². The summed E-state index contributed by atoms with van der Waals surface area (Å²) in [6, 6.07) is 21.0. The Labute approximate surface area is 129 Å². The number of phenols is 1. The van der Waals surface area contributed by atoms with Crippen molar-refractivity contribution in [3.05, 3.63) is 78.0 Å².